The summed E-state index contributed by atoms with van der Waals surface area (Å²) < 4.78 is 0. The monoisotopic (exact) mass is 296 g/mol. The Labute approximate surface area is 123 Å². The Morgan fingerprint density at radius 3 is 3.05 bits per heavy atom. The molecule has 6 nitrogen and oxygen atoms in total. The summed E-state index contributed by atoms with van der Waals surface area (Å²) in [5.74, 6) is 3.31. The highest BCUT2D eigenvalue weighted by atomic mass is 32.2. The number of nitrogens with zero attached hydrogens (tertiary/aromatic N) is 3. The molecule has 1 aliphatic heterocycles. The zero-order valence-electron chi connectivity index (χ0n) is 11.7. The zero-order chi connectivity index (χ0) is 14.4. The van der Waals surface area contributed by atoms with Crippen molar-refractivity contribution in [2.45, 2.75) is 19.8 Å². The van der Waals surface area contributed by atoms with Gasteiger partial charge in [0.1, 0.15) is 5.82 Å². The van der Waals surface area contributed by atoms with Crippen LogP contribution < -0.4 is 10.2 Å². The van der Waals surface area contributed by atoms with Gasteiger partial charge in [0.15, 0.2) is 0 Å². The van der Waals surface area contributed by atoms with Crippen LogP contribution in [0.5, 0.6) is 0 Å². The molecular weight excluding hydrogens is 276 g/mol. The molecule has 1 fully saturated rings. The molecule has 0 aromatic carbocycles. The number of anilines is 2. The van der Waals surface area contributed by atoms with Crippen LogP contribution in [0.2, 0.25) is 0 Å². The molecule has 110 valence electrons. The Morgan fingerprint density at radius 2 is 2.30 bits per heavy atom. The number of hydrogen-bond acceptors (Lipinski definition) is 6. The maximum Gasteiger partial charge on any atom is 0.311 e. The highest BCUT2D eigenvalue weighted by molar-refractivity contribution is 7.99. The van der Waals surface area contributed by atoms with E-state index in [0.717, 1.165) is 44.0 Å². The van der Waals surface area contributed by atoms with Gasteiger partial charge in [0.2, 0.25) is 5.82 Å². The summed E-state index contributed by atoms with van der Waals surface area (Å²) in [6.07, 6.45) is 2.03. The van der Waals surface area contributed by atoms with Crippen LogP contribution in [0.3, 0.4) is 0 Å². The number of rotatable bonds is 5. The second-order valence-corrected chi connectivity index (χ2v) is 5.90. The molecule has 0 aliphatic carbocycles. The third kappa shape index (κ3) is 3.75. The van der Waals surface area contributed by atoms with E-state index < -0.39 is 0 Å². The van der Waals surface area contributed by atoms with E-state index in [1.807, 2.05) is 16.7 Å². The van der Waals surface area contributed by atoms with Crippen molar-refractivity contribution in [1.82, 2.24) is 4.98 Å². The summed E-state index contributed by atoms with van der Waals surface area (Å²) in [5, 5.41) is 14.4. The molecule has 1 saturated heterocycles. The van der Waals surface area contributed by atoms with Gasteiger partial charge in [-0.1, -0.05) is 6.92 Å². The lowest BCUT2D eigenvalue weighted by molar-refractivity contribution is -0.384. The first kappa shape index (κ1) is 14.9. The quantitative estimate of drug-likeness (QED) is 0.665. The second kappa shape index (κ2) is 7.33. The van der Waals surface area contributed by atoms with E-state index in [1.54, 1.807) is 12.1 Å². The van der Waals surface area contributed by atoms with Gasteiger partial charge >= 0.3 is 5.69 Å². The van der Waals surface area contributed by atoms with Gasteiger partial charge in [-0.15, -0.1) is 0 Å². The van der Waals surface area contributed by atoms with Crippen LogP contribution in [-0.4, -0.2) is 41.0 Å². The first-order valence-electron chi connectivity index (χ1n) is 6.94. The highest BCUT2D eigenvalue weighted by Crippen LogP contribution is 2.29. The molecule has 0 amide bonds. The zero-order valence-corrected chi connectivity index (χ0v) is 12.5. The Bertz CT molecular complexity index is 462. The lowest BCUT2D eigenvalue weighted by Crippen LogP contribution is -2.27. The van der Waals surface area contributed by atoms with Crippen LogP contribution in [-0.2, 0) is 0 Å². The third-order valence-electron chi connectivity index (χ3n) is 3.13. The molecule has 0 spiro atoms. The third-order valence-corrected chi connectivity index (χ3v) is 4.18. The Hall–Kier alpha value is -1.50. The Kier molecular flexibility index (Phi) is 5.46. The number of hydrogen-bond donors (Lipinski definition) is 1. The lowest BCUT2D eigenvalue weighted by atomic mass is 10.3. The topological polar surface area (TPSA) is 71.3 Å². The summed E-state index contributed by atoms with van der Waals surface area (Å²) in [7, 11) is 0. The molecule has 20 heavy (non-hydrogen) atoms. The predicted molar refractivity (Wildman–Crippen MR) is 83.8 cm³/mol. The second-order valence-electron chi connectivity index (χ2n) is 4.68. The SMILES string of the molecule is CCCNc1ccc([N+](=O)[O-])c(N2CCCSCC2)n1. The minimum Gasteiger partial charge on any atom is -0.370 e. The number of aromatic nitrogens is 1. The molecule has 0 radical (unpaired) electrons. The van der Waals surface area contributed by atoms with Crippen molar-refractivity contribution in [2.24, 2.45) is 0 Å². The van der Waals surface area contributed by atoms with E-state index in [-0.39, 0.29) is 10.6 Å². The van der Waals surface area contributed by atoms with Crippen LogP contribution in [0.25, 0.3) is 0 Å². The summed E-state index contributed by atoms with van der Waals surface area (Å²) >= 11 is 1.89. The average Bonchev–Trinajstić information content (AvgIpc) is 2.73. The van der Waals surface area contributed by atoms with Gasteiger partial charge in [-0.3, -0.25) is 10.1 Å². The van der Waals surface area contributed by atoms with Gasteiger partial charge in [-0.05, 0) is 24.7 Å². The smallest absolute Gasteiger partial charge is 0.311 e. The standard InChI is InChI=1S/C13H20N4O2S/c1-2-6-14-12-5-4-11(17(18)19)13(15-12)16-7-3-9-20-10-8-16/h4-5H,2-3,6-10H2,1H3,(H,14,15). The number of nitro groups is 1. The molecule has 1 aliphatic rings. The molecule has 0 bridgehead atoms. The van der Waals surface area contributed by atoms with Crippen molar-refractivity contribution in [3.8, 4) is 0 Å². The van der Waals surface area contributed by atoms with Gasteiger partial charge in [0.05, 0.1) is 4.92 Å². The van der Waals surface area contributed by atoms with Crippen molar-refractivity contribution in [3.63, 3.8) is 0 Å². The highest BCUT2D eigenvalue weighted by Gasteiger charge is 2.22. The minimum absolute atomic E-state index is 0.0962. The predicted octanol–water partition coefficient (Wildman–Crippen LogP) is 2.76. The molecule has 1 aromatic heterocycles. The number of thioether (sulfide) groups is 1. The molecular formula is C13H20N4O2S. The van der Waals surface area contributed by atoms with Gasteiger partial charge in [-0.2, -0.15) is 11.8 Å². The van der Waals surface area contributed by atoms with Gasteiger partial charge in [0, 0.05) is 31.5 Å². The van der Waals surface area contributed by atoms with Gasteiger partial charge in [0.25, 0.3) is 0 Å². The van der Waals surface area contributed by atoms with Crippen molar-refractivity contribution >= 4 is 29.1 Å². The van der Waals surface area contributed by atoms with Gasteiger partial charge in [-0.25, -0.2) is 4.98 Å². The maximum atomic E-state index is 11.2. The summed E-state index contributed by atoms with van der Waals surface area (Å²) in [6.45, 7) is 4.54. The molecule has 1 N–H and O–H groups in total. The molecule has 0 saturated carbocycles. The summed E-state index contributed by atoms with van der Waals surface area (Å²) in [6, 6.07) is 3.24. The van der Waals surface area contributed by atoms with Crippen molar-refractivity contribution in [3.05, 3.63) is 22.2 Å². The molecule has 2 rings (SSSR count). The number of pyridine rings is 1. The van der Waals surface area contributed by atoms with Crippen LogP contribution in [0.4, 0.5) is 17.3 Å². The first-order chi connectivity index (χ1) is 9.72. The van der Waals surface area contributed by atoms with Crippen LogP contribution in [0.15, 0.2) is 12.1 Å². The molecule has 7 heteroatoms. The normalized spacial score (nSPS) is 15.8. The van der Waals surface area contributed by atoms with Crippen molar-refractivity contribution < 1.29 is 4.92 Å². The van der Waals surface area contributed by atoms with E-state index >= 15 is 0 Å². The van der Waals surface area contributed by atoms with Crippen molar-refractivity contribution in [1.29, 1.82) is 0 Å². The first-order valence-corrected chi connectivity index (χ1v) is 8.10. The molecule has 2 heterocycles. The molecule has 0 atom stereocenters. The van der Waals surface area contributed by atoms with E-state index in [4.69, 9.17) is 0 Å². The van der Waals surface area contributed by atoms with Crippen LogP contribution >= 0.6 is 11.8 Å². The fourth-order valence-corrected chi connectivity index (χ4v) is 3.01. The van der Waals surface area contributed by atoms with E-state index in [2.05, 4.69) is 17.2 Å². The number of nitrogens with one attached hydrogen (secondary N) is 1. The van der Waals surface area contributed by atoms with Crippen LogP contribution in [0.1, 0.15) is 19.8 Å². The minimum atomic E-state index is -0.343. The lowest BCUT2D eigenvalue weighted by Gasteiger charge is -2.21. The largest absolute Gasteiger partial charge is 0.370 e. The molecule has 1 aromatic rings. The van der Waals surface area contributed by atoms with E-state index in [1.165, 1.54) is 0 Å². The summed E-state index contributed by atoms with van der Waals surface area (Å²) in [4.78, 5) is 17.3. The van der Waals surface area contributed by atoms with Crippen molar-refractivity contribution in [2.75, 3.05) is 41.4 Å². The fourth-order valence-electron chi connectivity index (χ4n) is 2.13. The fraction of sp³-hybridized carbons (Fsp3) is 0.615. The Balaban J connectivity index is 2.27. The average molecular weight is 296 g/mol. The van der Waals surface area contributed by atoms with E-state index in [0.29, 0.717) is 11.6 Å². The van der Waals surface area contributed by atoms with Gasteiger partial charge < -0.3 is 10.2 Å². The summed E-state index contributed by atoms with van der Waals surface area (Å²) in [5.41, 5.74) is 0.0962. The van der Waals surface area contributed by atoms with Crippen LogP contribution in [0, 0.1) is 10.1 Å². The Morgan fingerprint density at radius 1 is 1.45 bits per heavy atom. The van der Waals surface area contributed by atoms with E-state index in [9.17, 15) is 10.1 Å². The maximum absolute atomic E-state index is 11.2. The molecule has 0 unspecified atom stereocenters.